The van der Waals surface area contributed by atoms with Crippen molar-refractivity contribution in [3.05, 3.63) is 94.2 Å². The van der Waals surface area contributed by atoms with Crippen LogP contribution >= 0.6 is 11.6 Å². The lowest BCUT2D eigenvalue weighted by Crippen LogP contribution is -2.49. The number of sulfone groups is 1. The first kappa shape index (κ1) is 23.8. The topological polar surface area (TPSA) is 108 Å². The van der Waals surface area contributed by atoms with Crippen LogP contribution in [0.3, 0.4) is 0 Å². The van der Waals surface area contributed by atoms with Crippen molar-refractivity contribution in [3.8, 4) is 17.4 Å². The van der Waals surface area contributed by atoms with Crippen LogP contribution in [0.25, 0.3) is 23.0 Å². The first-order valence-electron chi connectivity index (χ1n) is 11.1. The number of nitriles is 1. The molecule has 1 saturated heterocycles. The van der Waals surface area contributed by atoms with Gasteiger partial charge in [0.05, 0.1) is 23.1 Å². The molecule has 1 aromatic heterocycles. The minimum absolute atomic E-state index is 0.0821. The summed E-state index contributed by atoms with van der Waals surface area (Å²) in [4.78, 5) is 28.0. The van der Waals surface area contributed by atoms with Gasteiger partial charge in [0.25, 0.3) is 11.8 Å². The average Bonchev–Trinajstić information content (AvgIpc) is 3.47. The van der Waals surface area contributed by atoms with Crippen LogP contribution in [0.4, 0.5) is 0 Å². The Balaban J connectivity index is 1.65. The Hall–Kier alpha value is -3.93. The highest BCUT2D eigenvalue weighted by Crippen LogP contribution is 2.37. The number of furan rings is 1. The third kappa shape index (κ3) is 4.39. The van der Waals surface area contributed by atoms with Gasteiger partial charge in [-0.15, -0.1) is 0 Å². The predicted octanol–water partition coefficient (Wildman–Crippen LogP) is 4.52. The molecule has 2 aromatic carbocycles. The SMILES string of the molecule is N#CC1=C(c2ccccc2)/C(=C\c2ccc(-c3ccc(Cl)cc3)o2)C(=O)N([C@@H]2CCS(=O)(=O)C2)C1=O. The van der Waals surface area contributed by atoms with Crippen molar-refractivity contribution in [2.45, 2.75) is 12.5 Å². The molecular weight excluding hydrogens is 500 g/mol. The molecule has 0 spiro atoms. The summed E-state index contributed by atoms with van der Waals surface area (Å²) in [7, 11) is -3.38. The Labute approximate surface area is 212 Å². The molecule has 36 heavy (non-hydrogen) atoms. The fourth-order valence-electron chi connectivity index (χ4n) is 4.49. The van der Waals surface area contributed by atoms with Gasteiger partial charge in [0.15, 0.2) is 9.84 Å². The number of rotatable bonds is 4. The summed E-state index contributed by atoms with van der Waals surface area (Å²) in [5.41, 5.74) is 1.35. The molecule has 7 nitrogen and oxygen atoms in total. The molecule has 180 valence electrons. The van der Waals surface area contributed by atoms with Crippen molar-refractivity contribution in [1.82, 2.24) is 4.90 Å². The molecule has 0 aliphatic carbocycles. The van der Waals surface area contributed by atoms with E-state index in [1.807, 2.05) is 6.07 Å². The van der Waals surface area contributed by atoms with Crippen molar-refractivity contribution in [2.75, 3.05) is 11.5 Å². The van der Waals surface area contributed by atoms with Crippen LogP contribution in [0.2, 0.25) is 5.02 Å². The number of hydrogen-bond acceptors (Lipinski definition) is 6. The van der Waals surface area contributed by atoms with Crippen LogP contribution < -0.4 is 0 Å². The van der Waals surface area contributed by atoms with Crippen molar-refractivity contribution < 1.29 is 22.4 Å². The zero-order valence-corrected chi connectivity index (χ0v) is 20.4. The van der Waals surface area contributed by atoms with E-state index in [1.54, 1.807) is 66.7 Å². The second-order valence-electron chi connectivity index (χ2n) is 8.53. The van der Waals surface area contributed by atoms with E-state index in [9.17, 15) is 23.3 Å². The van der Waals surface area contributed by atoms with Crippen LogP contribution in [-0.2, 0) is 19.4 Å². The smallest absolute Gasteiger partial charge is 0.272 e. The lowest BCUT2D eigenvalue weighted by atomic mass is 9.87. The second-order valence-corrected chi connectivity index (χ2v) is 11.2. The maximum Gasteiger partial charge on any atom is 0.272 e. The molecule has 2 aliphatic rings. The molecule has 3 heterocycles. The highest BCUT2D eigenvalue weighted by molar-refractivity contribution is 7.91. The first-order chi connectivity index (χ1) is 17.3. The molecule has 5 rings (SSSR count). The average molecular weight is 519 g/mol. The summed E-state index contributed by atoms with van der Waals surface area (Å²) in [5, 5.41) is 10.5. The number of halogens is 1. The van der Waals surface area contributed by atoms with Gasteiger partial charge < -0.3 is 4.42 Å². The monoisotopic (exact) mass is 518 g/mol. The van der Waals surface area contributed by atoms with Gasteiger partial charge in [-0.2, -0.15) is 5.26 Å². The summed E-state index contributed by atoms with van der Waals surface area (Å²) in [5.74, 6) is -1.01. The molecule has 3 aromatic rings. The van der Waals surface area contributed by atoms with Crippen molar-refractivity contribution in [2.24, 2.45) is 0 Å². The zero-order valence-electron chi connectivity index (χ0n) is 18.8. The molecular formula is C27H19ClN2O5S. The van der Waals surface area contributed by atoms with Gasteiger partial charge in [-0.1, -0.05) is 41.9 Å². The van der Waals surface area contributed by atoms with Gasteiger partial charge in [-0.3, -0.25) is 14.5 Å². The maximum atomic E-state index is 13.7. The van der Waals surface area contributed by atoms with Crippen molar-refractivity contribution in [1.29, 1.82) is 5.26 Å². The van der Waals surface area contributed by atoms with E-state index in [1.165, 1.54) is 6.08 Å². The Bertz CT molecular complexity index is 1580. The third-order valence-electron chi connectivity index (χ3n) is 6.19. The Morgan fingerprint density at radius 1 is 0.972 bits per heavy atom. The van der Waals surface area contributed by atoms with Crippen LogP contribution in [0.15, 0.2) is 82.3 Å². The van der Waals surface area contributed by atoms with Gasteiger partial charge >= 0.3 is 0 Å². The number of carbonyl (C=O) groups excluding carboxylic acids is 2. The molecule has 2 aliphatic heterocycles. The molecule has 0 N–H and O–H groups in total. The van der Waals surface area contributed by atoms with Gasteiger partial charge in [0.2, 0.25) is 0 Å². The summed E-state index contributed by atoms with van der Waals surface area (Å²) in [6.07, 6.45) is 1.62. The van der Waals surface area contributed by atoms with Gasteiger partial charge in [0.1, 0.15) is 23.2 Å². The maximum absolute atomic E-state index is 13.7. The normalized spacial score (nSPS) is 20.7. The number of nitrogens with zero attached hydrogens (tertiary/aromatic N) is 2. The molecule has 9 heteroatoms. The summed E-state index contributed by atoms with van der Waals surface area (Å²) >= 11 is 5.97. The fourth-order valence-corrected chi connectivity index (χ4v) is 6.31. The third-order valence-corrected chi connectivity index (χ3v) is 8.19. The largest absolute Gasteiger partial charge is 0.457 e. The summed E-state index contributed by atoms with van der Waals surface area (Å²) in [6, 6.07) is 20.3. The second kappa shape index (κ2) is 9.26. The lowest BCUT2D eigenvalue weighted by molar-refractivity contribution is -0.142. The van der Waals surface area contributed by atoms with Gasteiger partial charge in [-0.25, -0.2) is 8.42 Å². The van der Waals surface area contributed by atoms with Crippen LogP contribution in [0.1, 0.15) is 17.7 Å². The molecule has 1 atom stereocenters. The highest BCUT2D eigenvalue weighted by atomic mass is 35.5. The Kier molecular flexibility index (Phi) is 6.12. The molecule has 1 fully saturated rings. The molecule has 0 radical (unpaired) electrons. The van der Waals surface area contributed by atoms with E-state index in [2.05, 4.69) is 0 Å². The van der Waals surface area contributed by atoms with Crippen molar-refractivity contribution in [3.63, 3.8) is 0 Å². The molecule has 0 saturated carbocycles. The van der Waals surface area contributed by atoms with E-state index >= 15 is 0 Å². The van der Waals surface area contributed by atoms with Crippen molar-refractivity contribution >= 4 is 44.9 Å². The number of carbonyl (C=O) groups is 2. The number of benzene rings is 2. The Morgan fingerprint density at radius 3 is 2.33 bits per heavy atom. The minimum atomic E-state index is -3.38. The Morgan fingerprint density at radius 2 is 1.69 bits per heavy atom. The summed E-state index contributed by atoms with van der Waals surface area (Å²) < 4.78 is 30.2. The van der Waals surface area contributed by atoms with Crippen LogP contribution in [0.5, 0.6) is 0 Å². The van der Waals surface area contributed by atoms with Gasteiger partial charge in [0, 0.05) is 16.2 Å². The number of imide groups is 1. The van der Waals surface area contributed by atoms with Crippen LogP contribution in [0, 0.1) is 11.3 Å². The lowest BCUT2D eigenvalue weighted by Gasteiger charge is -2.32. The van der Waals surface area contributed by atoms with E-state index < -0.39 is 27.7 Å². The number of hydrogen-bond donors (Lipinski definition) is 0. The van der Waals surface area contributed by atoms with Crippen LogP contribution in [-0.4, -0.2) is 42.7 Å². The highest BCUT2D eigenvalue weighted by Gasteiger charge is 2.45. The standard InChI is InChI=1S/C27H19ClN2O5S/c28-19-8-6-17(7-9-19)24-11-10-21(35-24)14-22-25(18-4-2-1-3-5-18)23(15-29)27(32)30(26(22)31)20-12-13-36(33,34)16-20/h1-11,14,20H,12-13,16H2/b22-14+/t20-/m1/s1. The minimum Gasteiger partial charge on any atom is -0.457 e. The first-order valence-corrected chi connectivity index (χ1v) is 13.3. The van der Waals surface area contributed by atoms with E-state index in [0.717, 1.165) is 10.5 Å². The predicted molar refractivity (Wildman–Crippen MR) is 135 cm³/mol. The van der Waals surface area contributed by atoms with E-state index in [4.69, 9.17) is 16.0 Å². The molecule has 0 unspecified atom stereocenters. The quantitative estimate of drug-likeness (QED) is 0.371. The molecule has 2 amide bonds. The fraction of sp³-hybridized carbons (Fsp3) is 0.148. The van der Waals surface area contributed by atoms with E-state index in [0.29, 0.717) is 22.1 Å². The van der Waals surface area contributed by atoms with Gasteiger partial charge in [-0.05, 0) is 54.5 Å². The van der Waals surface area contributed by atoms with E-state index in [-0.39, 0.29) is 34.6 Å². The summed E-state index contributed by atoms with van der Waals surface area (Å²) in [6.45, 7) is 0. The number of amides is 2. The molecule has 0 bridgehead atoms. The zero-order chi connectivity index (χ0) is 25.4.